The molecule has 1 aromatic heterocycles. The Labute approximate surface area is 186 Å². The highest BCUT2D eigenvalue weighted by Crippen LogP contribution is 2.18. The maximum atomic E-state index is 12.6. The molecule has 0 bridgehead atoms. The predicted molar refractivity (Wildman–Crippen MR) is 122 cm³/mol. The van der Waals surface area contributed by atoms with Crippen LogP contribution in [0.15, 0.2) is 67.0 Å². The second-order valence-corrected chi connectivity index (χ2v) is 7.03. The fraction of sp³-hybridized carbons (Fsp3) is 0.167. The van der Waals surface area contributed by atoms with Gasteiger partial charge in [0.05, 0.1) is 11.8 Å². The van der Waals surface area contributed by atoms with Crippen LogP contribution in [0.1, 0.15) is 40.1 Å². The normalized spacial score (nSPS) is 10.3. The number of ether oxygens (including phenoxy) is 1. The molecule has 32 heavy (non-hydrogen) atoms. The number of anilines is 2. The number of hydrogen-bond donors (Lipinski definition) is 2. The molecule has 164 valence electrons. The van der Waals surface area contributed by atoms with E-state index in [9.17, 15) is 14.4 Å². The van der Waals surface area contributed by atoms with Gasteiger partial charge in [-0.3, -0.25) is 19.4 Å². The summed E-state index contributed by atoms with van der Waals surface area (Å²) in [5.74, 6) is -0.480. The first-order valence-corrected chi connectivity index (χ1v) is 10.0. The van der Waals surface area contributed by atoms with Crippen LogP contribution in [0.25, 0.3) is 0 Å². The molecule has 0 spiro atoms. The maximum absolute atomic E-state index is 12.6. The highest BCUT2D eigenvalue weighted by Gasteiger charge is 2.11. The summed E-state index contributed by atoms with van der Waals surface area (Å²) in [5.41, 5.74) is 8.17. The molecule has 3 rings (SSSR count). The highest BCUT2D eigenvalue weighted by molar-refractivity contribution is 6.04. The molecule has 3 aromatic rings. The zero-order valence-electron chi connectivity index (χ0n) is 17.9. The Bertz CT molecular complexity index is 1130. The molecular weight excluding hydrogens is 408 g/mol. The first kappa shape index (κ1) is 22.5. The van der Waals surface area contributed by atoms with E-state index in [4.69, 9.17) is 10.5 Å². The average molecular weight is 432 g/mol. The van der Waals surface area contributed by atoms with Gasteiger partial charge in [0.2, 0.25) is 11.8 Å². The zero-order chi connectivity index (χ0) is 23.1. The van der Waals surface area contributed by atoms with E-state index in [-0.39, 0.29) is 24.0 Å². The van der Waals surface area contributed by atoms with Crippen LogP contribution >= 0.6 is 0 Å². The van der Waals surface area contributed by atoms with E-state index < -0.39 is 5.91 Å². The summed E-state index contributed by atoms with van der Waals surface area (Å²) >= 11 is 0. The summed E-state index contributed by atoms with van der Waals surface area (Å²) in [5, 5.41) is 2.86. The highest BCUT2D eigenvalue weighted by atomic mass is 16.5. The number of pyridine rings is 1. The van der Waals surface area contributed by atoms with Gasteiger partial charge in [-0.15, -0.1) is 0 Å². The third-order valence-corrected chi connectivity index (χ3v) is 4.73. The number of carbonyl (C=O) groups excluding carboxylic acids is 3. The molecule has 0 atom stereocenters. The zero-order valence-corrected chi connectivity index (χ0v) is 17.9. The molecule has 0 fully saturated rings. The van der Waals surface area contributed by atoms with Crippen molar-refractivity contribution in [3.05, 3.63) is 83.7 Å². The summed E-state index contributed by atoms with van der Waals surface area (Å²) in [7, 11) is 0. The fourth-order valence-corrected chi connectivity index (χ4v) is 3.12. The summed E-state index contributed by atoms with van der Waals surface area (Å²) in [4.78, 5) is 41.1. The van der Waals surface area contributed by atoms with E-state index in [0.717, 1.165) is 11.3 Å². The number of amides is 3. The molecule has 0 radical (unpaired) electrons. The van der Waals surface area contributed by atoms with Crippen molar-refractivity contribution in [2.75, 3.05) is 16.8 Å². The van der Waals surface area contributed by atoms with E-state index >= 15 is 0 Å². The Morgan fingerprint density at radius 2 is 1.78 bits per heavy atom. The fourth-order valence-electron chi connectivity index (χ4n) is 3.12. The Kier molecular flexibility index (Phi) is 7.17. The van der Waals surface area contributed by atoms with Crippen LogP contribution in [0.4, 0.5) is 11.4 Å². The number of nitrogens with zero attached hydrogens (tertiary/aromatic N) is 2. The lowest BCUT2D eigenvalue weighted by atomic mass is 10.1. The summed E-state index contributed by atoms with van der Waals surface area (Å²) in [6.07, 6.45) is 2.87. The Morgan fingerprint density at radius 3 is 2.44 bits per heavy atom. The van der Waals surface area contributed by atoms with Gasteiger partial charge in [0.15, 0.2) is 0 Å². The topological polar surface area (TPSA) is 115 Å². The second kappa shape index (κ2) is 10.2. The van der Waals surface area contributed by atoms with E-state index in [1.807, 2.05) is 19.1 Å². The van der Waals surface area contributed by atoms with Crippen LogP contribution in [0.5, 0.6) is 5.75 Å². The van der Waals surface area contributed by atoms with E-state index in [0.29, 0.717) is 23.5 Å². The molecule has 0 saturated carbocycles. The SMILES string of the molecule is CCN(C(C)=O)c1ccc(C(=O)Nc2cccc(COc3cncc(C(N)=O)c3)c2)cc1. The van der Waals surface area contributed by atoms with Gasteiger partial charge < -0.3 is 20.7 Å². The molecule has 0 unspecified atom stereocenters. The minimum Gasteiger partial charge on any atom is -0.487 e. The molecular formula is C24H24N4O4. The molecule has 3 amide bonds. The lowest BCUT2D eigenvalue weighted by Crippen LogP contribution is -2.27. The van der Waals surface area contributed by atoms with Crippen LogP contribution in [-0.2, 0) is 11.4 Å². The Balaban J connectivity index is 1.64. The third kappa shape index (κ3) is 5.69. The molecule has 0 saturated heterocycles. The molecule has 0 aliphatic carbocycles. The summed E-state index contributed by atoms with van der Waals surface area (Å²) < 4.78 is 5.68. The average Bonchev–Trinajstić information content (AvgIpc) is 2.79. The van der Waals surface area contributed by atoms with Crippen molar-refractivity contribution in [3.63, 3.8) is 0 Å². The third-order valence-electron chi connectivity index (χ3n) is 4.73. The van der Waals surface area contributed by atoms with Crippen molar-refractivity contribution in [1.82, 2.24) is 4.98 Å². The monoisotopic (exact) mass is 432 g/mol. The number of primary amides is 1. The molecule has 8 nitrogen and oxygen atoms in total. The van der Waals surface area contributed by atoms with Gasteiger partial charge in [0, 0.05) is 36.6 Å². The number of nitrogens with two attached hydrogens (primary N) is 1. The van der Waals surface area contributed by atoms with Gasteiger partial charge in [0.1, 0.15) is 12.4 Å². The lowest BCUT2D eigenvalue weighted by molar-refractivity contribution is -0.116. The smallest absolute Gasteiger partial charge is 0.255 e. The largest absolute Gasteiger partial charge is 0.487 e. The van der Waals surface area contributed by atoms with Crippen LogP contribution < -0.4 is 20.7 Å². The number of hydrogen-bond acceptors (Lipinski definition) is 5. The standard InChI is InChI=1S/C24H24N4O4/c1-3-28(16(2)29)21-9-7-18(8-10-21)24(31)27-20-6-4-5-17(11-20)15-32-22-12-19(23(25)30)13-26-14-22/h4-14H,3,15H2,1-2H3,(H2,25,30)(H,27,31). The number of benzene rings is 2. The van der Waals surface area contributed by atoms with Crippen LogP contribution in [0.2, 0.25) is 0 Å². The summed E-state index contributed by atoms with van der Waals surface area (Å²) in [6.45, 7) is 4.17. The van der Waals surface area contributed by atoms with Crippen LogP contribution in [0, 0.1) is 0 Å². The van der Waals surface area contributed by atoms with Crippen molar-refractivity contribution in [1.29, 1.82) is 0 Å². The molecule has 1 heterocycles. The first-order valence-electron chi connectivity index (χ1n) is 10.0. The molecule has 0 aliphatic heterocycles. The van der Waals surface area contributed by atoms with Crippen molar-refractivity contribution < 1.29 is 19.1 Å². The van der Waals surface area contributed by atoms with E-state index in [1.165, 1.54) is 25.4 Å². The van der Waals surface area contributed by atoms with Gasteiger partial charge in [-0.25, -0.2) is 0 Å². The van der Waals surface area contributed by atoms with Crippen LogP contribution in [-0.4, -0.2) is 29.3 Å². The molecule has 8 heteroatoms. The predicted octanol–water partition coefficient (Wildman–Crippen LogP) is 3.38. The molecule has 2 aromatic carbocycles. The van der Waals surface area contributed by atoms with E-state index in [2.05, 4.69) is 10.3 Å². The Hall–Kier alpha value is -4.20. The second-order valence-electron chi connectivity index (χ2n) is 7.03. The molecule has 0 aliphatic rings. The van der Waals surface area contributed by atoms with Gasteiger partial charge in [0.25, 0.3) is 5.91 Å². The van der Waals surface area contributed by atoms with Gasteiger partial charge >= 0.3 is 0 Å². The number of rotatable bonds is 8. The van der Waals surface area contributed by atoms with Gasteiger partial charge in [-0.1, -0.05) is 12.1 Å². The number of aromatic nitrogens is 1. The minimum atomic E-state index is -0.579. The van der Waals surface area contributed by atoms with E-state index in [1.54, 1.807) is 41.3 Å². The number of carbonyl (C=O) groups is 3. The lowest BCUT2D eigenvalue weighted by Gasteiger charge is -2.19. The van der Waals surface area contributed by atoms with Gasteiger partial charge in [-0.05, 0) is 55.0 Å². The van der Waals surface area contributed by atoms with Crippen molar-refractivity contribution in [2.24, 2.45) is 5.73 Å². The van der Waals surface area contributed by atoms with Crippen LogP contribution in [0.3, 0.4) is 0 Å². The minimum absolute atomic E-state index is 0.0547. The van der Waals surface area contributed by atoms with Crippen molar-refractivity contribution in [3.8, 4) is 5.75 Å². The first-order chi connectivity index (χ1) is 15.4. The Morgan fingerprint density at radius 1 is 1.03 bits per heavy atom. The van der Waals surface area contributed by atoms with Gasteiger partial charge in [-0.2, -0.15) is 0 Å². The summed E-state index contributed by atoms with van der Waals surface area (Å²) in [6, 6.07) is 15.6. The quantitative estimate of drug-likeness (QED) is 0.566. The molecule has 3 N–H and O–H groups in total. The number of nitrogens with one attached hydrogen (secondary N) is 1. The van der Waals surface area contributed by atoms with Crippen molar-refractivity contribution >= 4 is 29.1 Å². The maximum Gasteiger partial charge on any atom is 0.255 e. The van der Waals surface area contributed by atoms with Crippen molar-refractivity contribution in [2.45, 2.75) is 20.5 Å².